The van der Waals surface area contributed by atoms with Crippen molar-refractivity contribution in [1.29, 1.82) is 0 Å². The summed E-state index contributed by atoms with van der Waals surface area (Å²) in [6.07, 6.45) is 0. The van der Waals surface area contributed by atoms with Gasteiger partial charge in [-0.1, -0.05) is 91.0 Å². The molecule has 0 unspecified atom stereocenters. The van der Waals surface area contributed by atoms with Gasteiger partial charge in [-0.3, -0.25) is 8.97 Å². The first-order valence-electron chi connectivity index (χ1n) is 16.5. The van der Waals surface area contributed by atoms with Gasteiger partial charge in [0, 0.05) is 44.0 Å². The third kappa shape index (κ3) is 3.38. The van der Waals surface area contributed by atoms with Crippen molar-refractivity contribution >= 4 is 71.2 Å². The van der Waals surface area contributed by atoms with Gasteiger partial charge in [0.15, 0.2) is 0 Å². The van der Waals surface area contributed by atoms with Crippen molar-refractivity contribution < 1.29 is 0 Å². The molecule has 11 aromatic rings. The molecule has 0 aliphatic carbocycles. The van der Waals surface area contributed by atoms with E-state index in [1.54, 1.807) is 0 Å². The molecule has 0 bridgehead atoms. The maximum absolute atomic E-state index is 2.44. The van der Waals surface area contributed by atoms with E-state index in [0.717, 1.165) is 17.0 Å². The normalized spacial score (nSPS) is 12.2. The van der Waals surface area contributed by atoms with Crippen molar-refractivity contribution in [2.75, 3.05) is 0 Å². The summed E-state index contributed by atoms with van der Waals surface area (Å²) in [5.74, 6) is 0. The smallest absolute Gasteiger partial charge is 0.123 e. The Kier molecular flexibility index (Phi) is 5.08. The number of nitrogens with zero attached hydrogens (tertiary/aromatic N) is 4. The highest BCUT2D eigenvalue weighted by Crippen LogP contribution is 2.40. The molecule has 4 heteroatoms. The average molecular weight is 613 g/mol. The lowest BCUT2D eigenvalue weighted by atomic mass is 10.1. The summed E-state index contributed by atoms with van der Waals surface area (Å²) in [6, 6.07) is 61.8. The minimum atomic E-state index is 1.13. The zero-order chi connectivity index (χ0) is 31.3. The van der Waals surface area contributed by atoms with Crippen LogP contribution in [0, 0.1) is 0 Å². The first-order chi connectivity index (χ1) is 23.8. The predicted octanol–water partition coefficient (Wildman–Crippen LogP) is 11.2. The highest BCUT2D eigenvalue weighted by atomic mass is 15.1. The summed E-state index contributed by atoms with van der Waals surface area (Å²) in [4.78, 5) is 0. The Balaban J connectivity index is 1.22. The quantitative estimate of drug-likeness (QED) is 0.189. The van der Waals surface area contributed by atoms with Crippen LogP contribution in [0.5, 0.6) is 0 Å². The van der Waals surface area contributed by atoms with Gasteiger partial charge in [0.2, 0.25) is 0 Å². The van der Waals surface area contributed by atoms with Gasteiger partial charge in [0.05, 0.1) is 38.6 Å². The Morgan fingerprint density at radius 1 is 0.271 bits per heavy atom. The molecule has 0 spiro atoms. The van der Waals surface area contributed by atoms with Crippen LogP contribution in [-0.2, 0) is 0 Å². The molecule has 0 amide bonds. The fourth-order valence-electron chi connectivity index (χ4n) is 8.13. The van der Waals surface area contributed by atoms with Gasteiger partial charge >= 0.3 is 0 Å². The maximum atomic E-state index is 2.44. The molecule has 4 heterocycles. The molecule has 7 aromatic carbocycles. The minimum Gasteiger partial charge on any atom is -0.309 e. The Morgan fingerprint density at radius 2 is 0.771 bits per heavy atom. The van der Waals surface area contributed by atoms with Gasteiger partial charge in [-0.2, -0.15) is 0 Å². The van der Waals surface area contributed by atoms with E-state index >= 15 is 0 Å². The summed E-state index contributed by atoms with van der Waals surface area (Å²) < 4.78 is 9.63. The second-order valence-electron chi connectivity index (χ2n) is 12.7. The average Bonchev–Trinajstić information content (AvgIpc) is 3.87. The Bertz CT molecular complexity index is 3060. The molecule has 0 radical (unpaired) electrons. The number of rotatable bonds is 3. The van der Waals surface area contributed by atoms with E-state index in [1.165, 1.54) is 71.2 Å². The van der Waals surface area contributed by atoms with Crippen molar-refractivity contribution in [2.45, 2.75) is 0 Å². The first kappa shape index (κ1) is 25.6. The predicted molar refractivity (Wildman–Crippen MR) is 200 cm³/mol. The molecular formula is C44H28N4. The highest BCUT2D eigenvalue weighted by Gasteiger charge is 2.20. The van der Waals surface area contributed by atoms with E-state index in [0.29, 0.717) is 0 Å². The Hall–Kier alpha value is -6.52. The van der Waals surface area contributed by atoms with E-state index in [9.17, 15) is 0 Å². The van der Waals surface area contributed by atoms with Gasteiger partial charge in [0.25, 0.3) is 0 Å². The number of benzene rings is 7. The number of imidazole rings is 1. The lowest BCUT2D eigenvalue weighted by molar-refractivity contribution is 1.12. The minimum absolute atomic E-state index is 1.13. The Labute approximate surface area is 275 Å². The zero-order valence-corrected chi connectivity index (χ0v) is 26.0. The van der Waals surface area contributed by atoms with E-state index < -0.39 is 0 Å². The summed E-state index contributed by atoms with van der Waals surface area (Å²) in [6.45, 7) is 0. The van der Waals surface area contributed by atoms with E-state index in [1.807, 2.05) is 0 Å². The maximum Gasteiger partial charge on any atom is 0.123 e. The summed E-state index contributed by atoms with van der Waals surface area (Å²) in [5, 5.41) is 6.24. The zero-order valence-electron chi connectivity index (χ0n) is 26.0. The van der Waals surface area contributed by atoms with Crippen LogP contribution >= 0.6 is 0 Å². The summed E-state index contributed by atoms with van der Waals surface area (Å²) in [7, 11) is 0. The molecule has 224 valence electrons. The van der Waals surface area contributed by atoms with Crippen LogP contribution in [0.2, 0.25) is 0 Å². The summed E-state index contributed by atoms with van der Waals surface area (Å²) in [5.41, 5.74) is 13.0. The van der Waals surface area contributed by atoms with Crippen LogP contribution in [-0.4, -0.2) is 18.1 Å². The van der Waals surface area contributed by atoms with Crippen molar-refractivity contribution in [1.82, 2.24) is 18.1 Å². The molecular weight excluding hydrogens is 585 g/mol. The SMILES string of the molecule is c1ccc(-n2c3ccccc3c3cc4c(cc32)c2ccccc2n4-c2cccc(-n3c4ccccc4n4c5ccccc5cc34)c2)cc1. The second-order valence-corrected chi connectivity index (χ2v) is 12.7. The standard InChI is InChI=1S/C44H28N4/c1-2-14-30(15-3-1)45-38-21-8-5-18-33(38)35-28-43-36(27-42(35)45)34-19-6-9-22-39(34)46(43)31-16-12-17-32(26-31)47-40-23-10-11-24-41(40)48-37-20-7-4-13-29(37)25-44(47)48/h1-28H. The molecule has 0 aliphatic heterocycles. The topological polar surface area (TPSA) is 19.2 Å². The molecule has 0 saturated heterocycles. The summed E-state index contributed by atoms with van der Waals surface area (Å²) >= 11 is 0. The van der Waals surface area contributed by atoms with Crippen LogP contribution in [0.25, 0.3) is 88.3 Å². The Morgan fingerprint density at radius 3 is 1.46 bits per heavy atom. The number of para-hydroxylation sites is 6. The fourth-order valence-corrected chi connectivity index (χ4v) is 8.13. The number of fused-ring (bicyclic) bond motifs is 11. The van der Waals surface area contributed by atoms with Crippen LogP contribution in [0.3, 0.4) is 0 Å². The van der Waals surface area contributed by atoms with Gasteiger partial charge in [-0.25, -0.2) is 0 Å². The van der Waals surface area contributed by atoms with Gasteiger partial charge < -0.3 is 9.13 Å². The van der Waals surface area contributed by atoms with Gasteiger partial charge in [-0.15, -0.1) is 0 Å². The van der Waals surface area contributed by atoms with Crippen molar-refractivity contribution in [3.63, 3.8) is 0 Å². The van der Waals surface area contributed by atoms with Crippen LogP contribution < -0.4 is 0 Å². The first-order valence-corrected chi connectivity index (χ1v) is 16.5. The fraction of sp³-hybridized carbons (Fsp3) is 0. The molecule has 48 heavy (non-hydrogen) atoms. The molecule has 0 N–H and O–H groups in total. The number of hydrogen-bond donors (Lipinski definition) is 0. The van der Waals surface area contributed by atoms with E-state index in [4.69, 9.17) is 0 Å². The largest absolute Gasteiger partial charge is 0.309 e. The molecule has 0 atom stereocenters. The van der Waals surface area contributed by atoms with E-state index in [-0.39, 0.29) is 0 Å². The van der Waals surface area contributed by atoms with Crippen LogP contribution in [0.4, 0.5) is 0 Å². The van der Waals surface area contributed by atoms with Gasteiger partial charge in [-0.05, 0) is 78.9 Å². The van der Waals surface area contributed by atoms with Crippen molar-refractivity contribution in [3.05, 3.63) is 170 Å². The van der Waals surface area contributed by atoms with Crippen molar-refractivity contribution in [3.8, 4) is 17.1 Å². The van der Waals surface area contributed by atoms with Gasteiger partial charge in [0.1, 0.15) is 5.65 Å². The molecule has 0 aliphatic rings. The third-order valence-corrected chi connectivity index (χ3v) is 10.1. The van der Waals surface area contributed by atoms with E-state index in [2.05, 4.69) is 188 Å². The molecule has 4 aromatic heterocycles. The number of hydrogen-bond acceptors (Lipinski definition) is 0. The third-order valence-electron chi connectivity index (χ3n) is 10.1. The molecule has 0 saturated carbocycles. The highest BCUT2D eigenvalue weighted by molar-refractivity contribution is 6.19. The molecule has 4 nitrogen and oxygen atoms in total. The van der Waals surface area contributed by atoms with Crippen LogP contribution in [0.15, 0.2) is 170 Å². The lowest BCUT2D eigenvalue weighted by Gasteiger charge is -2.12. The second kappa shape index (κ2) is 9.50. The van der Waals surface area contributed by atoms with Crippen molar-refractivity contribution in [2.24, 2.45) is 0 Å². The molecule has 11 rings (SSSR count). The van der Waals surface area contributed by atoms with Crippen LogP contribution in [0.1, 0.15) is 0 Å². The molecule has 0 fully saturated rings. The lowest BCUT2D eigenvalue weighted by Crippen LogP contribution is -1.98. The number of aromatic nitrogens is 4. The monoisotopic (exact) mass is 612 g/mol.